The van der Waals surface area contributed by atoms with Gasteiger partial charge >= 0.3 is 0 Å². The monoisotopic (exact) mass is 369 g/mol. The summed E-state index contributed by atoms with van der Waals surface area (Å²) in [5.74, 6) is 0.599. The summed E-state index contributed by atoms with van der Waals surface area (Å²) in [5.41, 5.74) is 3.39. The van der Waals surface area contributed by atoms with E-state index in [0.717, 1.165) is 53.9 Å². The molecule has 0 bridgehead atoms. The number of piperidine rings is 1. The maximum Gasteiger partial charge on any atom is 0.254 e. The molecule has 2 fully saturated rings. The number of rotatable bonds is 3. The quantitative estimate of drug-likeness (QED) is 0.902. The molecule has 3 heterocycles. The number of nitrogens with one attached hydrogen (secondary N) is 1. The van der Waals surface area contributed by atoms with E-state index >= 15 is 0 Å². The minimum atomic E-state index is -0.178. The van der Waals surface area contributed by atoms with Crippen LogP contribution in [-0.4, -0.2) is 51.8 Å². The van der Waals surface area contributed by atoms with Crippen LogP contribution in [0.15, 0.2) is 6.07 Å². The predicted molar refractivity (Wildman–Crippen MR) is 107 cm³/mol. The lowest BCUT2D eigenvalue weighted by atomic mass is 10.0. The Hall–Kier alpha value is -1.95. The molecule has 0 atom stereocenters. The molecule has 6 nitrogen and oxygen atoms in total. The Morgan fingerprint density at radius 2 is 1.89 bits per heavy atom. The largest absolute Gasteiger partial charge is 0.339 e. The van der Waals surface area contributed by atoms with Crippen LogP contribution in [0.2, 0.25) is 0 Å². The van der Waals surface area contributed by atoms with E-state index in [1.165, 1.54) is 12.8 Å². The number of aromatic nitrogens is 3. The average Bonchev–Trinajstić information content (AvgIpc) is 3.43. The normalized spacial score (nSPS) is 18.9. The fourth-order valence-corrected chi connectivity index (χ4v) is 4.08. The van der Waals surface area contributed by atoms with Crippen LogP contribution in [-0.2, 0) is 5.54 Å². The molecule has 2 aromatic rings. The number of hydrogen-bond donors (Lipinski definition) is 1. The molecule has 0 aromatic carbocycles. The van der Waals surface area contributed by atoms with E-state index in [4.69, 9.17) is 10.1 Å². The Balaban J connectivity index is 1.83. The molecule has 6 heteroatoms. The highest BCUT2D eigenvalue weighted by molar-refractivity contribution is 6.06. The van der Waals surface area contributed by atoms with Gasteiger partial charge in [-0.3, -0.25) is 4.79 Å². The molecule has 146 valence electrons. The van der Waals surface area contributed by atoms with Gasteiger partial charge in [0.2, 0.25) is 0 Å². The van der Waals surface area contributed by atoms with Crippen molar-refractivity contribution >= 4 is 16.9 Å². The van der Waals surface area contributed by atoms with Crippen molar-refractivity contribution in [3.8, 4) is 0 Å². The summed E-state index contributed by atoms with van der Waals surface area (Å²) in [6, 6.07) is 2.34. The number of hydrogen-bond acceptors (Lipinski definition) is 4. The van der Waals surface area contributed by atoms with Gasteiger partial charge in [0.1, 0.15) is 0 Å². The number of amides is 1. The third-order valence-corrected chi connectivity index (χ3v) is 5.87. The zero-order valence-electron chi connectivity index (χ0n) is 17.2. The molecule has 1 aliphatic heterocycles. The minimum absolute atomic E-state index is 0.104. The smallest absolute Gasteiger partial charge is 0.254 e. The minimum Gasteiger partial charge on any atom is -0.339 e. The highest BCUT2D eigenvalue weighted by Crippen LogP contribution is 2.41. The molecule has 1 N–H and O–H groups in total. The molecule has 1 amide bonds. The van der Waals surface area contributed by atoms with E-state index in [0.29, 0.717) is 12.0 Å². The van der Waals surface area contributed by atoms with Gasteiger partial charge in [0.05, 0.1) is 22.2 Å². The standard InChI is InChI=1S/C21H31N5O/c1-13-18-16(20(27)25(5)15-8-10-22-11-9-15)12-17(14-6-7-14)23-19(18)26(24-13)21(2,3)4/h12,14-15,22H,6-11H2,1-5H3. The van der Waals surface area contributed by atoms with Crippen LogP contribution in [0.4, 0.5) is 0 Å². The van der Waals surface area contributed by atoms with Crippen LogP contribution in [0.3, 0.4) is 0 Å². The van der Waals surface area contributed by atoms with Gasteiger partial charge in [0.25, 0.3) is 5.91 Å². The van der Waals surface area contributed by atoms with Crippen molar-refractivity contribution in [2.24, 2.45) is 0 Å². The molecule has 1 saturated heterocycles. The van der Waals surface area contributed by atoms with E-state index in [9.17, 15) is 4.79 Å². The second kappa shape index (κ2) is 6.59. The fraction of sp³-hybridized carbons (Fsp3) is 0.667. The van der Waals surface area contributed by atoms with Crippen molar-refractivity contribution in [2.75, 3.05) is 20.1 Å². The Morgan fingerprint density at radius 1 is 1.22 bits per heavy atom. The van der Waals surface area contributed by atoms with Gasteiger partial charge in [-0.2, -0.15) is 5.10 Å². The average molecular weight is 370 g/mol. The SMILES string of the molecule is Cc1nn(C(C)(C)C)c2nc(C3CC3)cc(C(=O)N(C)C3CCNCC3)c12. The summed E-state index contributed by atoms with van der Waals surface area (Å²) in [4.78, 5) is 20.4. The predicted octanol–water partition coefficient (Wildman–Crippen LogP) is 3.20. The van der Waals surface area contributed by atoms with Crippen molar-refractivity contribution < 1.29 is 4.79 Å². The van der Waals surface area contributed by atoms with Gasteiger partial charge in [-0.25, -0.2) is 9.67 Å². The third-order valence-electron chi connectivity index (χ3n) is 5.87. The van der Waals surface area contributed by atoms with Crippen LogP contribution >= 0.6 is 0 Å². The summed E-state index contributed by atoms with van der Waals surface area (Å²) in [6.45, 7) is 10.3. The first kappa shape index (κ1) is 18.4. The fourth-order valence-electron chi connectivity index (χ4n) is 4.08. The molecule has 0 spiro atoms. The Labute approximate surface area is 161 Å². The lowest BCUT2D eigenvalue weighted by molar-refractivity contribution is 0.0705. The lowest BCUT2D eigenvalue weighted by Crippen LogP contribution is -2.44. The molecule has 1 saturated carbocycles. The molecule has 0 unspecified atom stereocenters. The zero-order valence-corrected chi connectivity index (χ0v) is 17.2. The molecular formula is C21H31N5O. The number of pyridine rings is 1. The van der Waals surface area contributed by atoms with Crippen molar-refractivity contribution in [2.45, 2.75) is 70.9 Å². The first-order valence-electron chi connectivity index (χ1n) is 10.2. The van der Waals surface area contributed by atoms with E-state index in [1.54, 1.807) is 0 Å². The van der Waals surface area contributed by atoms with Crippen molar-refractivity contribution in [1.29, 1.82) is 0 Å². The lowest BCUT2D eigenvalue weighted by Gasteiger charge is -2.32. The van der Waals surface area contributed by atoms with E-state index in [-0.39, 0.29) is 11.4 Å². The summed E-state index contributed by atoms with van der Waals surface area (Å²) >= 11 is 0. The molecule has 1 aliphatic carbocycles. The van der Waals surface area contributed by atoms with Crippen molar-refractivity contribution in [3.63, 3.8) is 0 Å². The van der Waals surface area contributed by atoms with Crippen LogP contribution in [0, 0.1) is 6.92 Å². The molecule has 0 radical (unpaired) electrons. The first-order chi connectivity index (χ1) is 12.8. The van der Waals surface area contributed by atoms with Crippen LogP contribution in [0.1, 0.15) is 74.1 Å². The number of carbonyl (C=O) groups excluding carboxylic acids is 1. The van der Waals surface area contributed by atoms with Gasteiger partial charge in [0, 0.05) is 24.7 Å². The topological polar surface area (TPSA) is 63.1 Å². The van der Waals surface area contributed by atoms with Crippen LogP contribution in [0.25, 0.3) is 11.0 Å². The molecule has 27 heavy (non-hydrogen) atoms. The second-order valence-electron chi connectivity index (χ2n) is 9.13. The molecule has 2 aromatic heterocycles. The Kier molecular flexibility index (Phi) is 4.49. The summed E-state index contributed by atoms with van der Waals surface area (Å²) in [5, 5.41) is 9.06. The molecule has 4 rings (SSSR count). The molecule has 2 aliphatic rings. The highest BCUT2D eigenvalue weighted by atomic mass is 16.2. The maximum absolute atomic E-state index is 13.5. The maximum atomic E-state index is 13.5. The third kappa shape index (κ3) is 3.35. The van der Waals surface area contributed by atoms with Gasteiger partial charge in [-0.1, -0.05) is 0 Å². The number of nitrogens with zero attached hydrogens (tertiary/aromatic N) is 4. The van der Waals surface area contributed by atoms with Gasteiger partial charge in [-0.05, 0) is 72.5 Å². The van der Waals surface area contributed by atoms with Crippen LogP contribution in [0.5, 0.6) is 0 Å². The number of carbonyl (C=O) groups is 1. The number of aryl methyl sites for hydroxylation is 1. The first-order valence-corrected chi connectivity index (χ1v) is 10.2. The van der Waals surface area contributed by atoms with E-state index in [2.05, 4.69) is 26.1 Å². The van der Waals surface area contributed by atoms with Crippen molar-refractivity contribution in [1.82, 2.24) is 25.0 Å². The Morgan fingerprint density at radius 3 is 2.48 bits per heavy atom. The van der Waals surface area contributed by atoms with Crippen molar-refractivity contribution in [3.05, 3.63) is 23.0 Å². The van der Waals surface area contributed by atoms with Crippen LogP contribution < -0.4 is 5.32 Å². The summed E-state index contributed by atoms with van der Waals surface area (Å²) in [6.07, 6.45) is 4.34. The van der Waals surface area contributed by atoms with E-state index in [1.807, 2.05) is 29.6 Å². The molecular weight excluding hydrogens is 338 g/mol. The highest BCUT2D eigenvalue weighted by Gasteiger charge is 2.32. The number of fused-ring (bicyclic) bond motifs is 1. The zero-order chi connectivity index (χ0) is 19.3. The van der Waals surface area contributed by atoms with E-state index < -0.39 is 0 Å². The Bertz CT molecular complexity index is 869. The van der Waals surface area contributed by atoms with Gasteiger partial charge < -0.3 is 10.2 Å². The summed E-state index contributed by atoms with van der Waals surface area (Å²) < 4.78 is 1.99. The second-order valence-corrected chi connectivity index (χ2v) is 9.13. The summed E-state index contributed by atoms with van der Waals surface area (Å²) in [7, 11) is 1.95. The van der Waals surface area contributed by atoms with Gasteiger partial charge in [-0.15, -0.1) is 0 Å². The van der Waals surface area contributed by atoms with Gasteiger partial charge in [0.15, 0.2) is 5.65 Å².